The highest BCUT2D eigenvalue weighted by atomic mass is 32.1. The van der Waals surface area contributed by atoms with Crippen molar-refractivity contribution in [2.24, 2.45) is 0 Å². The zero-order chi connectivity index (χ0) is 23.3. The van der Waals surface area contributed by atoms with Gasteiger partial charge in [-0.1, -0.05) is 80.6 Å². The number of nitrogens with zero attached hydrogens (tertiary/aromatic N) is 1. The highest BCUT2D eigenvalue weighted by Gasteiger charge is 2.35. The lowest BCUT2D eigenvalue weighted by atomic mass is 9.82. The van der Waals surface area contributed by atoms with E-state index in [1.54, 1.807) is 0 Å². The minimum atomic E-state index is 0.0223. The van der Waals surface area contributed by atoms with Crippen LogP contribution >= 0.6 is 11.3 Å². The first-order valence-electron chi connectivity index (χ1n) is 12.2. The molecule has 0 aliphatic heterocycles. The van der Waals surface area contributed by atoms with Crippen LogP contribution in [0.3, 0.4) is 0 Å². The molecule has 2 aromatic heterocycles. The van der Waals surface area contributed by atoms with E-state index >= 15 is 0 Å². The van der Waals surface area contributed by atoms with Gasteiger partial charge in [0.05, 0.1) is 11.0 Å². The summed E-state index contributed by atoms with van der Waals surface area (Å²) in [5, 5.41) is 5.33. The molecule has 0 bridgehead atoms. The molecule has 0 amide bonds. The summed E-state index contributed by atoms with van der Waals surface area (Å²) >= 11 is 1.89. The average Bonchev–Trinajstić information content (AvgIpc) is 3.49. The Hall–Kier alpha value is -3.88. The van der Waals surface area contributed by atoms with Crippen molar-refractivity contribution in [2.75, 3.05) is 0 Å². The predicted octanol–water partition coefficient (Wildman–Crippen LogP) is 9.46. The molecule has 1 aliphatic carbocycles. The number of hydrogen-bond acceptors (Lipinski definition) is 1. The zero-order valence-corrected chi connectivity index (χ0v) is 20.5. The van der Waals surface area contributed by atoms with E-state index in [1.807, 2.05) is 11.3 Å². The third-order valence-corrected chi connectivity index (χ3v) is 9.13. The first-order chi connectivity index (χ1) is 17.1. The van der Waals surface area contributed by atoms with Crippen LogP contribution in [0.1, 0.15) is 25.0 Å². The summed E-state index contributed by atoms with van der Waals surface area (Å²) in [7, 11) is 0. The summed E-state index contributed by atoms with van der Waals surface area (Å²) in [4.78, 5) is 0. The standard InChI is InChI=1S/C33H23NS/c1-33(2)27-12-6-3-9-21(27)24-17-20(15-16-28(24)33)34-29-13-7-4-10-22(29)25-18-26-23-11-5-8-14-31(23)35-32(26)19-30(25)34/h3-19H,1-2H3. The maximum Gasteiger partial charge on any atom is 0.0555 e. The molecule has 0 atom stereocenters. The molecule has 0 unspecified atom stereocenters. The van der Waals surface area contributed by atoms with Gasteiger partial charge in [-0.2, -0.15) is 0 Å². The monoisotopic (exact) mass is 465 g/mol. The van der Waals surface area contributed by atoms with Crippen LogP contribution in [0.5, 0.6) is 0 Å². The molecule has 2 heterocycles. The summed E-state index contributed by atoms with van der Waals surface area (Å²) < 4.78 is 5.15. The maximum atomic E-state index is 2.46. The van der Waals surface area contributed by atoms with Gasteiger partial charge in [-0.3, -0.25) is 0 Å². The number of rotatable bonds is 1. The van der Waals surface area contributed by atoms with Crippen molar-refractivity contribution in [1.82, 2.24) is 4.57 Å². The number of para-hydroxylation sites is 1. The van der Waals surface area contributed by atoms with Crippen molar-refractivity contribution in [1.29, 1.82) is 0 Å². The van der Waals surface area contributed by atoms with Gasteiger partial charge in [0.2, 0.25) is 0 Å². The van der Waals surface area contributed by atoms with Gasteiger partial charge in [-0.15, -0.1) is 11.3 Å². The summed E-state index contributed by atoms with van der Waals surface area (Å²) in [6.07, 6.45) is 0. The van der Waals surface area contributed by atoms with Gasteiger partial charge in [-0.25, -0.2) is 0 Å². The summed E-state index contributed by atoms with van der Waals surface area (Å²) in [6.45, 7) is 4.69. The maximum absolute atomic E-state index is 2.46. The Bertz CT molecular complexity index is 1980. The first-order valence-corrected chi connectivity index (χ1v) is 13.0. The Morgan fingerprint density at radius 3 is 2.20 bits per heavy atom. The number of thiophene rings is 1. The van der Waals surface area contributed by atoms with Crippen LogP contribution in [0.15, 0.2) is 103 Å². The quantitative estimate of drug-likeness (QED) is 0.227. The van der Waals surface area contributed by atoms with Crippen LogP contribution in [-0.4, -0.2) is 4.57 Å². The number of hydrogen-bond donors (Lipinski definition) is 0. The molecule has 5 aromatic carbocycles. The second-order valence-electron chi connectivity index (χ2n) is 10.2. The molecular weight excluding hydrogens is 442 g/mol. The summed E-state index contributed by atoms with van der Waals surface area (Å²) in [5.74, 6) is 0. The highest BCUT2D eigenvalue weighted by Crippen LogP contribution is 2.49. The molecule has 0 fully saturated rings. The van der Waals surface area contributed by atoms with Crippen LogP contribution in [0.2, 0.25) is 0 Å². The number of aromatic nitrogens is 1. The van der Waals surface area contributed by atoms with Gasteiger partial charge in [0, 0.05) is 42.0 Å². The SMILES string of the molecule is CC1(C)c2ccccc2-c2cc(-n3c4ccccc4c4cc5c(cc43)sc3ccccc35)ccc21. The molecule has 0 N–H and O–H groups in total. The number of fused-ring (bicyclic) bond motifs is 9. The van der Waals surface area contributed by atoms with Crippen molar-refractivity contribution in [3.8, 4) is 16.8 Å². The highest BCUT2D eigenvalue weighted by molar-refractivity contribution is 7.25. The van der Waals surface area contributed by atoms with Crippen LogP contribution < -0.4 is 0 Å². The molecule has 0 saturated heterocycles. The lowest BCUT2D eigenvalue weighted by Gasteiger charge is -2.21. The fraction of sp³-hybridized carbons (Fsp3) is 0.0909. The van der Waals surface area contributed by atoms with Gasteiger partial charge >= 0.3 is 0 Å². The molecule has 0 spiro atoms. The van der Waals surface area contributed by atoms with Crippen LogP contribution in [-0.2, 0) is 5.41 Å². The van der Waals surface area contributed by atoms with E-state index < -0.39 is 0 Å². The van der Waals surface area contributed by atoms with E-state index in [-0.39, 0.29) is 5.41 Å². The zero-order valence-electron chi connectivity index (χ0n) is 19.7. The smallest absolute Gasteiger partial charge is 0.0555 e. The van der Waals surface area contributed by atoms with Crippen LogP contribution in [0.4, 0.5) is 0 Å². The van der Waals surface area contributed by atoms with E-state index in [9.17, 15) is 0 Å². The van der Waals surface area contributed by atoms with Crippen molar-refractivity contribution in [3.63, 3.8) is 0 Å². The average molecular weight is 466 g/mol. The Labute approximate surface area is 207 Å². The molecule has 0 radical (unpaired) electrons. The fourth-order valence-corrected chi connectivity index (χ4v) is 7.43. The Morgan fingerprint density at radius 1 is 0.543 bits per heavy atom. The van der Waals surface area contributed by atoms with E-state index in [4.69, 9.17) is 0 Å². The molecule has 0 saturated carbocycles. The third kappa shape index (κ3) is 2.47. The Balaban J connectivity index is 1.47. The van der Waals surface area contributed by atoms with Crippen molar-refractivity contribution in [3.05, 3.63) is 114 Å². The second kappa shape index (κ2) is 6.62. The predicted molar refractivity (Wildman–Crippen MR) is 151 cm³/mol. The van der Waals surface area contributed by atoms with Gasteiger partial charge in [0.1, 0.15) is 0 Å². The molecule has 1 nitrogen and oxygen atoms in total. The van der Waals surface area contributed by atoms with Crippen LogP contribution in [0, 0.1) is 0 Å². The van der Waals surface area contributed by atoms with Crippen molar-refractivity contribution >= 4 is 53.3 Å². The minimum absolute atomic E-state index is 0.0223. The largest absolute Gasteiger partial charge is 0.309 e. The third-order valence-electron chi connectivity index (χ3n) is 8.00. The normalized spacial score (nSPS) is 14.2. The first kappa shape index (κ1) is 19.4. The van der Waals surface area contributed by atoms with E-state index in [0.29, 0.717) is 0 Å². The van der Waals surface area contributed by atoms with Crippen molar-refractivity contribution < 1.29 is 0 Å². The molecule has 2 heteroatoms. The molecule has 7 aromatic rings. The summed E-state index contributed by atoms with van der Waals surface area (Å²) in [6, 6.07) is 38.4. The van der Waals surface area contributed by atoms with Crippen LogP contribution in [0.25, 0.3) is 58.8 Å². The molecule has 166 valence electrons. The summed E-state index contributed by atoms with van der Waals surface area (Å²) in [5.41, 5.74) is 9.33. The minimum Gasteiger partial charge on any atom is -0.309 e. The molecule has 8 rings (SSSR count). The van der Waals surface area contributed by atoms with Gasteiger partial charge in [0.25, 0.3) is 0 Å². The second-order valence-corrected chi connectivity index (χ2v) is 11.3. The van der Waals surface area contributed by atoms with E-state index in [0.717, 1.165) is 0 Å². The fourth-order valence-electron chi connectivity index (χ4n) is 6.31. The van der Waals surface area contributed by atoms with Gasteiger partial charge in [0.15, 0.2) is 0 Å². The van der Waals surface area contributed by atoms with Crippen molar-refractivity contribution in [2.45, 2.75) is 19.3 Å². The Kier molecular flexibility index (Phi) is 3.67. The van der Waals surface area contributed by atoms with E-state index in [1.165, 1.54) is 69.9 Å². The van der Waals surface area contributed by atoms with Gasteiger partial charge in [-0.05, 0) is 58.7 Å². The van der Waals surface area contributed by atoms with E-state index in [2.05, 4.69) is 122 Å². The molecule has 35 heavy (non-hydrogen) atoms. The topological polar surface area (TPSA) is 4.93 Å². The Morgan fingerprint density at radius 2 is 1.29 bits per heavy atom. The lowest BCUT2D eigenvalue weighted by molar-refractivity contribution is 0.660. The van der Waals surface area contributed by atoms with Gasteiger partial charge < -0.3 is 4.57 Å². The molecule has 1 aliphatic rings. The number of benzene rings is 5. The molecular formula is C33H23NS. The lowest BCUT2D eigenvalue weighted by Crippen LogP contribution is -2.14.